The summed E-state index contributed by atoms with van der Waals surface area (Å²) in [5.74, 6) is 4.58. The molecule has 0 aromatic rings. The minimum Gasteiger partial charge on any atom is -0.317 e. The lowest BCUT2D eigenvalue weighted by Gasteiger charge is -2.22. The summed E-state index contributed by atoms with van der Waals surface area (Å²) < 4.78 is 0. The Labute approximate surface area is 92.8 Å². The smallest absolute Gasteiger partial charge is 0.00381 e. The Hall–Kier alpha value is 0.600. The number of hydrogen-bond donors (Lipinski definition) is 1. The highest BCUT2D eigenvalue weighted by atomic mass is 35.5. The molecule has 0 aliphatic carbocycles. The van der Waals surface area contributed by atoms with Gasteiger partial charge in [-0.25, -0.2) is 0 Å². The summed E-state index contributed by atoms with van der Waals surface area (Å²) in [4.78, 5) is 0. The highest BCUT2D eigenvalue weighted by Crippen LogP contribution is 2.19. The molecule has 1 aliphatic rings. The molecule has 1 nitrogen and oxygen atoms in total. The first-order valence-corrected chi connectivity index (χ1v) is 6.23. The van der Waals surface area contributed by atoms with Crippen LogP contribution in [0, 0.1) is 11.8 Å². The van der Waals surface area contributed by atoms with E-state index in [-0.39, 0.29) is 12.4 Å². The summed E-state index contributed by atoms with van der Waals surface area (Å²) in [6, 6.07) is 0. The van der Waals surface area contributed by atoms with Crippen molar-refractivity contribution in [1.29, 1.82) is 0 Å². The molecule has 0 bridgehead atoms. The van der Waals surface area contributed by atoms with Gasteiger partial charge >= 0.3 is 0 Å². The Kier molecular flexibility index (Phi) is 8.32. The molecule has 0 aromatic carbocycles. The molecule has 0 aromatic heterocycles. The van der Waals surface area contributed by atoms with E-state index in [0.29, 0.717) is 0 Å². The third kappa shape index (κ3) is 6.64. The van der Waals surface area contributed by atoms with Crippen molar-refractivity contribution >= 4 is 24.2 Å². The molecule has 1 N–H and O–H groups in total. The van der Waals surface area contributed by atoms with Gasteiger partial charge in [-0.2, -0.15) is 11.8 Å². The summed E-state index contributed by atoms with van der Waals surface area (Å²) in [6.45, 7) is 7.09. The van der Waals surface area contributed by atoms with Crippen molar-refractivity contribution in [2.45, 2.75) is 26.7 Å². The maximum atomic E-state index is 3.40. The number of nitrogens with one attached hydrogen (secondary N) is 1. The molecular formula is C10H22ClNS. The average molecular weight is 224 g/mol. The standard InChI is InChI=1S/C10H21NS.ClH/c1-9(2)7-12-8-10-3-5-11-6-4-10;/h9-11H,3-8H2,1-2H3;1H. The number of thioether (sulfide) groups is 1. The van der Waals surface area contributed by atoms with Crippen LogP contribution in [-0.2, 0) is 0 Å². The molecule has 0 amide bonds. The largest absolute Gasteiger partial charge is 0.317 e. The molecule has 3 heteroatoms. The van der Waals surface area contributed by atoms with Crippen molar-refractivity contribution in [2.24, 2.45) is 11.8 Å². The van der Waals surface area contributed by atoms with Crippen molar-refractivity contribution in [3.8, 4) is 0 Å². The van der Waals surface area contributed by atoms with Gasteiger partial charge in [-0.3, -0.25) is 0 Å². The monoisotopic (exact) mass is 223 g/mol. The van der Waals surface area contributed by atoms with Crippen molar-refractivity contribution < 1.29 is 0 Å². The van der Waals surface area contributed by atoms with Gasteiger partial charge in [-0.15, -0.1) is 12.4 Å². The van der Waals surface area contributed by atoms with E-state index in [9.17, 15) is 0 Å². The van der Waals surface area contributed by atoms with Crippen LogP contribution in [0.25, 0.3) is 0 Å². The van der Waals surface area contributed by atoms with Crippen LogP contribution in [0.5, 0.6) is 0 Å². The molecule has 1 fully saturated rings. The minimum atomic E-state index is 0. The number of hydrogen-bond acceptors (Lipinski definition) is 2. The SMILES string of the molecule is CC(C)CSCC1CCNCC1.Cl. The van der Waals surface area contributed by atoms with E-state index in [0.717, 1.165) is 11.8 Å². The van der Waals surface area contributed by atoms with Crippen LogP contribution >= 0.6 is 24.2 Å². The van der Waals surface area contributed by atoms with E-state index < -0.39 is 0 Å². The Morgan fingerprint density at radius 3 is 2.46 bits per heavy atom. The fourth-order valence-corrected chi connectivity index (χ4v) is 2.79. The first-order valence-electron chi connectivity index (χ1n) is 5.07. The quantitative estimate of drug-likeness (QED) is 0.787. The number of rotatable bonds is 4. The van der Waals surface area contributed by atoms with E-state index in [1.807, 2.05) is 0 Å². The van der Waals surface area contributed by atoms with Crippen molar-refractivity contribution in [1.82, 2.24) is 5.32 Å². The van der Waals surface area contributed by atoms with Gasteiger partial charge in [0.15, 0.2) is 0 Å². The van der Waals surface area contributed by atoms with Crippen LogP contribution in [0.1, 0.15) is 26.7 Å². The van der Waals surface area contributed by atoms with Crippen LogP contribution in [0.4, 0.5) is 0 Å². The zero-order valence-corrected chi connectivity index (χ0v) is 10.3. The van der Waals surface area contributed by atoms with Crippen LogP contribution in [-0.4, -0.2) is 24.6 Å². The molecule has 80 valence electrons. The molecule has 1 rings (SSSR count). The fraction of sp³-hybridized carbons (Fsp3) is 1.00. The lowest BCUT2D eigenvalue weighted by molar-refractivity contribution is 0.407. The third-order valence-corrected chi connectivity index (χ3v) is 3.87. The Balaban J connectivity index is 0.00000144. The van der Waals surface area contributed by atoms with Gasteiger partial charge < -0.3 is 5.32 Å². The summed E-state index contributed by atoms with van der Waals surface area (Å²) in [6.07, 6.45) is 2.79. The average Bonchev–Trinajstić information content (AvgIpc) is 2.05. The number of halogens is 1. The first-order chi connectivity index (χ1) is 5.79. The lowest BCUT2D eigenvalue weighted by Crippen LogP contribution is -2.28. The molecule has 0 spiro atoms. The Bertz CT molecular complexity index is 113. The summed E-state index contributed by atoms with van der Waals surface area (Å²) >= 11 is 2.14. The number of piperidine rings is 1. The van der Waals surface area contributed by atoms with Gasteiger partial charge in [0, 0.05) is 0 Å². The Morgan fingerprint density at radius 1 is 1.31 bits per heavy atom. The van der Waals surface area contributed by atoms with Crippen LogP contribution < -0.4 is 5.32 Å². The molecule has 0 unspecified atom stereocenters. The Morgan fingerprint density at radius 2 is 1.92 bits per heavy atom. The van der Waals surface area contributed by atoms with Crippen molar-refractivity contribution in [2.75, 3.05) is 24.6 Å². The summed E-state index contributed by atoms with van der Waals surface area (Å²) in [5, 5.41) is 3.40. The summed E-state index contributed by atoms with van der Waals surface area (Å²) in [7, 11) is 0. The molecule has 1 heterocycles. The second-order valence-corrected chi connectivity index (χ2v) is 5.20. The zero-order valence-electron chi connectivity index (χ0n) is 8.71. The van der Waals surface area contributed by atoms with Crippen LogP contribution in [0.2, 0.25) is 0 Å². The van der Waals surface area contributed by atoms with E-state index in [1.165, 1.54) is 37.4 Å². The minimum absolute atomic E-state index is 0. The van der Waals surface area contributed by atoms with Crippen LogP contribution in [0.3, 0.4) is 0 Å². The van der Waals surface area contributed by atoms with E-state index in [4.69, 9.17) is 0 Å². The van der Waals surface area contributed by atoms with Gasteiger partial charge in [0.25, 0.3) is 0 Å². The lowest BCUT2D eigenvalue weighted by atomic mass is 10.0. The molecule has 0 saturated carbocycles. The first kappa shape index (κ1) is 13.6. The van der Waals surface area contributed by atoms with Crippen molar-refractivity contribution in [3.63, 3.8) is 0 Å². The van der Waals surface area contributed by atoms with Gasteiger partial charge in [-0.1, -0.05) is 13.8 Å². The molecular weight excluding hydrogens is 202 g/mol. The second kappa shape index (κ2) is 7.95. The molecule has 1 aliphatic heterocycles. The van der Waals surface area contributed by atoms with Gasteiger partial charge in [0.1, 0.15) is 0 Å². The van der Waals surface area contributed by atoms with Crippen LogP contribution in [0.15, 0.2) is 0 Å². The third-order valence-electron chi connectivity index (χ3n) is 2.26. The van der Waals surface area contributed by atoms with Crippen molar-refractivity contribution in [3.05, 3.63) is 0 Å². The maximum absolute atomic E-state index is 3.40. The normalized spacial score (nSPS) is 18.7. The van der Waals surface area contributed by atoms with E-state index in [1.54, 1.807) is 0 Å². The van der Waals surface area contributed by atoms with Gasteiger partial charge in [-0.05, 0) is 49.3 Å². The second-order valence-electron chi connectivity index (χ2n) is 4.12. The zero-order chi connectivity index (χ0) is 8.81. The predicted molar refractivity (Wildman–Crippen MR) is 65.0 cm³/mol. The van der Waals surface area contributed by atoms with Gasteiger partial charge in [0.2, 0.25) is 0 Å². The molecule has 0 radical (unpaired) electrons. The molecule has 0 atom stereocenters. The molecule has 1 saturated heterocycles. The van der Waals surface area contributed by atoms with Gasteiger partial charge in [0.05, 0.1) is 0 Å². The van der Waals surface area contributed by atoms with E-state index in [2.05, 4.69) is 30.9 Å². The van der Waals surface area contributed by atoms with E-state index >= 15 is 0 Å². The highest BCUT2D eigenvalue weighted by Gasteiger charge is 2.12. The fourth-order valence-electron chi connectivity index (χ4n) is 1.52. The topological polar surface area (TPSA) is 12.0 Å². The predicted octanol–water partition coefficient (Wildman–Crippen LogP) is 2.80. The highest BCUT2D eigenvalue weighted by molar-refractivity contribution is 7.99. The molecule has 13 heavy (non-hydrogen) atoms. The summed E-state index contributed by atoms with van der Waals surface area (Å²) in [5.41, 5.74) is 0. The maximum Gasteiger partial charge on any atom is -0.00381 e.